The number of ether oxygens (including phenoxy) is 1. The maximum absolute atomic E-state index is 12.4. The molecule has 5 nitrogen and oxygen atoms in total. The predicted octanol–water partition coefficient (Wildman–Crippen LogP) is 4.80. The average molecular weight is 350 g/mol. The lowest BCUT2D eigenvalue weighted by Gasteiger charge is -2.07. The SMILES string of the molecule is [C-]#[N+]c1nc(N=C(c2ccccc2)c2ccccc2)cnc1OC(F)F. The van der Waals surface area contributed by atoms with Crippen molar-refractivity contribution in [2.24, 2.45) is 4.99 Å². The Labute approximate surface area is 148 Å². The zero-order valence-electron chi connectivity index (χ0n) is 13.4. The van der Waals surface area contributed by atoms with Crippen molar-refractivity contribution in [3.05, 3.63) is 89.4 Å². The second-order valence-electron chi connectivity index (χ2n) is 5.04. The van der Waals surface area contributed by atoms with Crippen LogP contribution in [0.1, 0.15) is 11.1 Å². The van der Waals surface area contributed by atoms with Crippen molar-refractivity contribution in [1.29, 1.82) is 0 Å². The summed E-state index contributed by atoms with van der Waals surface area (Å²) < 4.78 is 28.9. The van der Waals surface area contributed by atoms with Crippen LogP contribution in [0.4, 0.5) is 20.4 Å². The molecule has 0 saturated heterocycles. The van der Waals surface area contributed by atoms with Gasteiger partial charge in [-0.2, -0.15) is 8.78 Å². The van der Waals surface area contributed by atoms with E-state index in [0.29, 0.717) is 5.71 Å². The summed E-state index contributed by atoms with van der Waals surface area (Å²) in [6.07, 6.45) is 1.19. The molecule has 128 valence electrons. The molecule has 2 aromatic carbocycles. The molecule has 0 aliphatic carbocycles. The highest BCUT2D eigenvalue weighted by Gasteiger charge is 2.16. The Balaban J connectivity index is 2.08. The minimum atomic E-state index is -3.08. The summed E-state index contributed by atoms with van der Waals surface area (Å²) >= 11 is 0. The Morgan fingerprint density at radius 2 is 1.58 bits per heavy atom. The molecule has 7 heteroatoms. The van der Waals surface area contributed by atoms with E-state index in [1.165, 1.54) is 6.20 Å². The molecule has 0 atom stereocenters. The van der Waals surface area contributed by atoms with E-state index >= 15 is 0 Å². The first kappa shape index (κ1) is 17.2. The van der Waals surface area contributed by atoms with Crippen LogP contribution in [-0.2, 0) is 0 Å². The van der Waals surface area contributed by atoms with E-state index in [2.05, 4.69) is 24.5 Å². The fourth-order valence-electron chi connectivity index (χ4n) is 2.26. The Bertz CT molecular complexity index is 913. The van der Waals surface area contributed by atoms with Crippen LogP contribution in [0.25, 0.3) is 4.85 Å². The van der Waals surface area contributed by atoms with Gasteiger partial charge in [0, 0.05) is 11.1 Å². The molecule has 26 heavy (non-hydrogen) atoms. The van der Waals surface area contributed by atoms with Crippen molar-refractivity contribution in [3.63, 3.8) is 0 Å². The minimum Gasteiger partial charge on any atom is -0.424 e. The second-order valence-corrected chi connectivity index (χ2v) is 5.04. The third-order valence-electron chi connectivity index (χ3n) is 3.34. The van der Waals surface area contributed by atoms with Crippen molar-refractivity contribution >= 4 is 17.3 Å². The van der Waals surface area contributed by atoms with Crippen molar-refractivity contribution < 1.29 is 13.5 Å². The summed E-state index contributed by atoms with van der Waals surface area (Å²) in [5, 5.41) is 0. The van der Waals surface area contributed by atoms with E-state index in [4.69, 9.17) is 6.57 Å². The largest absolute Gasteiger partial charge is 0.424 e. The molecule has 1 aromatic heterocycles. The number of rotatable bonds is 5. The second kappa shape index (κ2) is 7.94. The van der Waals surface area contributed by atoms with Crippen molar-refractivity contribution in [1.82, 2.24) is 9.97 Å². The van der Waals surface area contributed by atoms with E-state index in [-0.39, 0.29) is 11.6 Å². The molecule has 0 amide bonds. The molecular formula is C19H12F2N4O. The monoisotopic (exact) mass is 350 g/mol. The standard InChI is InChI=1S/C19H12F2N4O/c1-22-17-18(26-19(20)21)23-12-15(25-17)24-16(13-8-4-2-5-9-13)14-10-6-3-7-11-14/h2-12,19H. The zero-order valence-corrected chi connectivity index (χ0v) is 13.4. The van der Waals surface area contributed by atoms with Gasteiger partial charge in [0.2, 0.25) is 5.88 Å². The fourth-order valence-corrected chi connectivity index (χ4v) is 2.26. The van der Waals surface area contributed by atoms with E-state index < -0.39 is 12.5 Å². The summed E-state index contributed by atoms with van der Waals surface area (Å²) in [5.41, 5.74) is 2.31. The highest BCUT2D eigenvalue weighted by atomic mass is 19.3. The van der Waals surface area contributed by atoms with Crippen molar-refractivity contribution in [3.8, 4) is 5.88 Å². The number of benzene rings is 2. The summed E-state index contributed by atoms with van der Waals surface area (Å²) in [4.78, 5) is 15.3. The first-order valence-corrected chi connectivity index (χ1v) is 7.56. The third kappa shape index (κ3) is 4.05. The first-order valence-electron chi connectivity index (χ1n) is 7.56. The molecule has 0 fully saturated rings. The van der Waals surface area contributed by atoms with Crippen molar-refractivity contribution in [2.75, 3.05) is 0 Å². The van der Waals surface area contributed by atoms with Crippen LogP contribution in [0.3, 0.4) is 0 Å². The van der Waals surface area contributed by atoms with Crippen LogP contribution in [0.2, 0.25) is 0 Å². The molecule has 0 aliphatic heterocycles. The van der Waals surface area contributed by atoms with Crippen LogP contribution in [-0.4, -0.2) is 22.3 Å². The number of hydrogen-bond donors (Lipinski definition) is 0. The normalized spacial score (nSPS) is 10.2. The molecule has 3 aromatic rings. The van der Waals surface area contributed by atoms with E-state index in [1.54, 1.807) is 0 Å². The fraction of sp³-hybridized carbons (Fsp3) is 0.0526. The lowest BCUT2D eigenvalue weighted by Crippen LogP contribution is -2.05. The lowest BCUT2D eigenvalue weighted by molar-refractivity contribution is -0.0524. The zero-order chi connectivity index (χ0) is 18.4. The van der Waals surface area contributed by atoms with Crippen LogP contribution < -0.4 is 4.74 Å². The Kier molecular flexibility index (Phi) is 5.25. The van der Waals surface area contributed by atoms with Gasteiger partial charge in [-0.3, -0.25) is 0 Å². The molecule has 0 bridgehead atoms. The highest BCUT2D eigenvalue weighted by Crippen LogP contribution is 2.27. The molecule has 0 radical (unpaired) electrons. The van der Waals surface area contributed by atoms with Gasteiger partial charge in [-0.15, -0.1) is 0 Å². The van der Waals surface area contributed by atoms with Gasteiger partial charge in [-0.1, -0.05) is 72.2 Å². The van der Waals surface area contributed by atoms with Gasteiger partial charge in [0.1, 0.15) is 0 Å². The Morgan fingerprint density at radius 1 is 1.00 bits per heavy atom. The van der Waals surface area contributed by atoms with Crippen LogP contribution in [0, 0.1) is 6.57 Å². The van der Waals surface area contributed by atoms with E-state index in [0.717, 1.165) is 11.1 Å². The number of halogens is 2. The first-order chi connectivity index (χ1) is 12.7. The van der Waals surface area contributed by atoms with Gasteiger partial charge < -0.3 is 9.58 Å². The molecule has 1 heterocycles. The van der Waals surface area contributed by atoms with Gasteiger partial charge in [0.25, 0.3) is 5.82 Å². The number of nitrogens with zero attached hydrogens (tertiary/aromatic N) is 4. The number of aliphatic imine (C=N–C) groups is 1. The predicted molar refractivity (Wildman–Crippen MR) is 93.1 cm³/mol. The average Bonchev–Trinajstić information content (AvgIpc) is 2.68. The van der Waals surface area contributed by atoms with E-state index in [1.807, 2.05) is 60.7 Å². The van der Waals surface area contributed by atoms with Gasteiger partial charge in [-0.05, 0) is 0 Å². The molecular weight excluding hydrogens is 338 g/mol. The van der Waals surface area contributed by atoms with E-state index in [9.17, 15) is 8.78 Å². The molecule has 3 rings (SSSR count). The number of alkyl halides is 2. The molecule has 0 aliphatic rings. The maximum Gasteiger partial charge on any atom is 0.387 e. The smallest absolute Gasteiger partial charge is 0.387 e. The Morgan fingerprint density at radius 3 is 2.08 bits per heavy atom. The maximum atomic E-state index is 12.4. The minimum absolute atomic E-state index is 0.125. The summed E-state index contributed by atoms with van der Waals surface area (Å²) in [6, 6.07) is 18.9. The third-order valence-corrected chi connectivity index (χ3v) is 3.34. The lowest BCUT2D eigenvalue weighted by atomic mass is 10.0. The Hall–Kier alpha value is -3.66. The van der Waals surface area contributed by atoms with Gasteiger partial charge >= 0.3 is 12.4 Å². The summed E-state index contributed by atoms with van der Waals surface area (Å²) in [5.74, 6) is -0.762. The van der Waals surface area contributed by atoms with Gasteiger partial charge in [-0.25, -0.2) is 9.98 Å². The molecule has 0 unspecified atom stereocenters. The number of hydrogen-bond acceptors (Lipinski definition) is 4. The summed E-state index contributed by atoms with van der Waals surface area (Å²) in [7, 11) is 0. The molecule has 0 N–H and O–H groups in total. The number of aromatic nitrogens is 2. The molecule has 0 spiro atoms. The van der Waals surface area contributed by atoms with Gasteiger partial charge in [0.15, 0.2) is 0 Å². The van der Waals surface area contributed by atoms with Gasteiger partial charge in [0.05, 0.1) is 11.9 Å². The van der Waals surface area contributed by atoms with Crippen LogP contribution in [0.5, 0.6) is 5.88 Å². The summed E-state index contributed by atoms with van der Waals surface area (Å²) in [6.45, 7) is 4.01. The van der Waals surface area contributed by atoms with Crippen LogP contribution >= 0.6 is 0 Å². The van der Waals surface area contributed by atoms with Crippen LogP contribution in [0.15, 0.2) is 71.9 Å². The topological polar surface area (TPSA) is 51.7 Å². The quantitative estimate of drug-likeness (QED) is 0.491. The van der Waals surface area contributed by atoms with Crippen molar-refractivity contribution in [2.45, 2.75) is 6.61 Å². The highest BCUT2D eigenvalue weighted by molar-refractivity contribution is 6.13. The molecule has 0 saturated carbocycles.